The van der Waals surface area contributed by atoms with Gasteiger partial charge in [-0.1, -0.05) is 30.3 Å². The van der Waals surface area contributed by atoms with Gasteiger partial charge in [-0.05, 0) is 35.7 Å². The van der Waals surface area contributed by atoms with Crippen molar-refractivity contribution in [2.75, 3.05) is 12.4 Å². The molecule has 0 amide bonds. The van der Waals surface area contributed by atoms with Crippen LogP contribution in [0.1, 0.15) is 35.9 Å². The van der Waals surface area contributed by atoms with E-state index in [0.29, 0.717) is 24.4 Å². The number of benzene rings is 2. The Morgan fingerprint density at radius 2 is 1.93 bits per heavy atom. The minimum atomic E-state index is -0.340. The summed E-state index contributed by atoms with van der Waals surface area (Å²) >= 11 is 0. The standard InChI is InChI=1S/C22H20N4O3/c1-29-15-8-6-13(7-9-15)21-20-17(25-22-23-12-24-26(21)22)10-14(11-19(20)28)16-4-2-3-5-18(16)27/h2-9,12,14,21,27H,10-11H2,1H3,(H,23,24,25)/t14-,21-/m1/s1. The number of nitrogens with zero attached hydrogens (tertiary/aromatic N) is 3. The largest absolute Gasteiger partial charge is 0.508 e. The van der Waals surface area contributed by atoms with E-state index in [-0.39, 0.29) is 23.5 Å². The van der Waals surface area contributed by atoms with E-state index in [4.69, 9.17) is 4.74 Å². The van der Waals surface area contributed by atoms with Gasteiger partial charge < -0.3 is 15.2 Å². The van der Waals surface area contributed by atoms with Gasteiger partial charge in [0.15, 0.2) is 5.78 Å². The molecule has 2 aliphatic rings. The van der Waals surface area contributed by atoms with Crippen LogP contribution in [0, 0.1) is 0 Å². The van der Waals surface area contributed by atoms with Crippen molar-refractivity contribution in [1.29, 1.82) is 0 Å². The van der Waals surface area contributed by atoms with Crippen molar-refractivity contribution in [3.63, 3.8) is 0 Å². The first-order chi connectivity index (χ1) is 14.2. The molecule has 0 unspecified atom stereocenters. The fraction of sp³-hybridized carbons (Fsp3) is 0.227. The molecule has 5 rings (SSSR count). The van der Waals surface area contributed by atoms with Gasteiger partial charge in [-0.2, -0.15) is 10.1 Å². The first-order valence-corrected chi connectivity index (χ1v) is 9.50. The zero-order valence-corrected chi connectivity index (χ0v) is 15.9. The Morgan fingerprint density at radius 3 is 2.69 bits per heavy atom. The highest BCUT2D eigenvalue weighted by Crippen LogP contribution is 2.45. The molecule has 1 aliphatic carbocycles. The number of nitrogens with one attached hydrogen (secondary N) is 1. The van der Waals surface area contributed by atoms with Gasteiger partial charge in [0.05, 0.1) is 7.11 Å². The lowest BCUT2D eigenvalue weighted by Crippen LogP contribution is -2.33. The summed E-state index contributed by atoms with van der Waals surface area (Å²) in [6, 6.07) is 14.5. The number of fused-ring (bicyclic) bond motifs is 1. The molecule has 7 heteroatoms. The topological polar surface area (TPSA) is 89.3 Å². The summed E-state index contributed by atoms with van der Waals surface area (Å²) in [7, 11) is 1.62. The number of aromatic nitrogens is 3. The molecule has 0 saturated heterocycles. The van der Waals surface area contributed by atoms with E-state index in [9.17, 15) is 9.90 Å². The summed E-state index contributed by atoms with van der Waals surface area (Å²) in [6.07, 6.45) is 2.45. The average molecular weight is 388 g/mol. The van der Waals surface area contributed by atoms with Crippen molar-refractivity contribution in [1.82, 2.24) is 14.8 Å². The Bertz CT molecular complexity index is 1120. The van der Waals surface area contributed by atoms with Crippen molar-refractivity contribution in [3.8, 4) is 11.5 Å². The third-order valence-electron chi connectivity index (χ3n) is 5.67. The SMILES string of the molecule is COc1ccc([C@@H]2C3=C(C[C@@H](c4ccccc4O)CC3=O)Nc3ncnn32)cc1. The molecule has 2 N–H and O–H groups in total. The molecule has 2 heterocycles. The molecule has 3 aromatic rings. The zero-order valence-electron chi connectivity index (χ0n) is 15.9. The molecule has 0 bridgehead atoms. The highest BCUT2D eigenvalue weighted by molar-refractivity contribution is 6.00. The van der Waals surface area contributed by atoms with Crippen LogP contribution in [0.5, 0.6) is 11.5 Å². The highest BCUT2D eigenvalue weighted by atomic mass is 16.5. The normalized spacial score (nSPS) is 20.7. The molecule has 2 aromatic carbocycles. The summed E-state index contributed by atoms with van der Waals surface area (Å²) in [5.74, 6) is 1.55. The first-order valence-electron chi connectivity index (χ1n) is 9.50. The number of carbonyl (C=O) groups excluding carboxylic acids is 1. The number of rotatable bonds is 3. The minimum absolute atomic E-state index is 0.0500. The zero-order chi connectivity index (χ0) is 20.0. The molecule has 1 aliphatic heterocycles. The third kappa shape index (κ3) is 2.86. The van der Waals surface area contributed by atoms with Crippen LogP contribution in [-0.4, -0.2) is 32.8 Å². The monoisotopic (exact) mass is 388 g/mol. The lowest BCUT2D eigenvalue weighted by Gasteiger charge is -2.35. The Hall–Kier alpha value is -3.61. The predicted molar refractivity (Wildman–Crippen MR) is 107 cm³/mol. The maximum absolute atomic E-state index is 13.3. The maximum Gasteiger partial charge on any atom is 0.226 e. The predicted octanol–water partition coefficient (Wildman–Crippen LogP) is 3.41. The minimum Gasteiger partial charge on any atom is -0.508 e. The van der Waals surface area contributed by atoms with Crippen LogP contribution >= 0.6 is 0 Å². The molecule has 29 heavy (non-hydrogen) atoms. The maximum atomic E-state index is 13.3. The summed E-state index contributed by atoms with van der Waals surface area (Å²) in [4.78, 5) is 17.6. The van der Waals surface area contributed by atoms with E-state index >= 15 is 0 Å². The van der Waals surface area contributed by atoms with Crippen LogP contribution in [0.15, 0.2) is 66.1 Å². The van der Waals surface area contributed by atoms with Gasteiger partial charge in [-0.3, -0.25) is 4.79 Å². The molecule has 1 aromatic heterocycles. The molecule has 0 saturated carbocycles. The summed E-state index contributed by atoms with van der Waals surface area (Å²) < 4.78 is 7.01. The summed E-state index contributed by atoms with van der Waals surface area (Å²) in [5, 5.41) is 17.9. The summed E-state index contributed by atoms with van der Waals surface area (Å²) in [5.41, 5.74) is 3.29. The number of Topliss-reactive ketones (excluding diaryl/α,β-unsaturated/α-hetero) is 1. The van der Waals surface area contributed by atoms with Gasteiger partial charge in [0, 0.05) is 23.6 Å². The van der Waals surface area contributed by atoms with Gasteiger partial charge in [0.25, 0.3) is 0 Å². The molecule has 0 radical (unpaired) electrons. The van der Waals surface area contributed by atoms with E-state index in [1.54, 1.807) is 23.9 Å². The number of methoxy groups -OCH3 is 1. The highest BCUT2D eigenvalue weighted by Gasteiger charge is 2.39. The smallest absolute Gasteiger partial charge is 0.226 e. The fourth-order valence-corrected chi connectivity index (χ4v) is 4.30. The molecule has 0 spiro atoms. The average Bonchev–Trinajstić information content (AvgIpc) is 3.20. The van der Waals surface area contributed by atoms with E-state index in [1.165, 1.54) is 6.33 Å². The van der Waals surface area contributed by atoms with E-state index in [0.717, 1.165) is 22.6 Å². The third-order valence-corrected chi connectivity index (χ3v) is 5.67. The van der Waals surface area contributed by atoms with Crippen molar-refractivity contribution in [2.24, 2.45) is 0 Å². The Balaban J connectivity index is 1.59. The van der Waals surface area contributed by atoms with Crippen molar-refractivity contribution < 1.29 is 14.6 Å². The number of aromatic hydroxyl groups is 1. The number of hydrogen-bond donors (Lipinski definition) is 2. The second kappa shape index (κ2) is 6.77. The molecule has 2 atom stereocenters. The number of ketones is 1. The molecule has 146 valence electrons. The van der Waals surface area contributed by atoms with E-state index in [2.05, 4.69) is 15.4 Å². The van der Waals surface area contributed by atoms with Crippen LogP contribution in [-0.2, 0) is 4.79 Å². The number of hydrogen-bond acceptors (Lipinski definition) is 6. The van der Waals surface area contributed by atoms with Crippen LogP contribution in [0.4, 0.5) is 5.95 Å². The lowest BCUT2D eigenvalue weighted by molar-refractivity contribution is -0.116. The first kappa shape index (κ1) is 17.5. The molecular formula is C22H20N4O3. The van der Waals surface area contributed by atoms with Gasteiger partial charge in [0.1, 0.15) is 23.9 Å². The number of ether oxygens (including phenoxy) is 1. The molecular weight excluding hydrogens is 368 g/mol. The molecule has 0 fully saturated rings. The Morgan fingerprint density at radius 1 is 1.14 bits per heavy atom. The number of anilines is 1. The number of carbonyl (C=O) groups is 1. The fourth-order valence-electron chi connectivity index (χ4n) is 4.30. The van der Waals surface area contributed by atoms with Crippen molar-refractivity contribution in [2.45, 2.75) is 24.8 Å². The van der Waals surface area contributed by atoms with Crippen molar-refractivity contribution in [3.05, 3.63) is 77.3 Å². The Labute approximate surface area is 167 Å². The quantitative estimate of drug-likeness (QED) is 0.715. The van der Waals surface area contributed by atoms with Gasteiger partial charge in [-0.15, -0.1) is 0 Å². The van der Waals surface area contributed by atoms with Crippen molar-refractivity contribution >= 4 is 11.7 Å². The second-order valence-electron chi connectivity index (χ2n) is 7.31. The lowest BCUT2D eigenvalue weighted by atomic mass is 9.77. The second-order valence-corrected chi connectivity index (χ2v) is 7.31. The number of phenolic OH excluding ortho intramolecular Hbond substituents is 1. The van der Waals surface area contributed by atoms with Crippen LogP contribution in [0.2, 0.25) is 0 Å². The van der Waals surface area contributed by atoms with E-state index < -0.39 is 0 Å². The number of phenols is 1. The van der Waals surface area contributed by atoms with Crippen LogP contribution in [0.3, 0.4) is 0 Å². The number of allylic oxidation sites excluding steroid dienone is 2. The molecule has 7 nitrogen and oxygen atoms in total. The van der Waals surface area contributed by atoms with Gasteiger partial charge in [-0.25, -0.2) is 4.68 Å². The van der Waals surface area contributed by atoms with E-state index in [1.807, 2.05) is 36.4 Å². The van der Waals surface area contributed by atoms with Crippen LogP contribution in [0.25, 0.3) is 0 Å². The van der Waals surface area contributed by atoms with Crippen LogP contribution < -0.4 is 10.1 Å². The van der Waals surface area contributed by atoms with Gasteiger partial charge in [0.2, 0.25) is 5.95 Å². The van der Waals surface area contributed by atoms with Gasteiger partial charge >= 0.3 is 0 Å². The Kier molecular flexibility index (Phi) is 4.08. The summed E-state index contributed by atoms with van der Waals surface area (Å²) in [6.45, 7) is 0. The number of para-hydroxylation sites is 1.